The van der Waals surface area contributed by atoms with E-state index in [4.69, 9.17) is 26.1 Å². The highest BCUT2D eigenvalue weighted by atomic mass is 79.9. The zero-order valence-electron chi connectivity index (χ0n) is 17.8. The van der Waals surface area contributed by atoms with Crippen molar-refractivity contribution in [3.8, 4) is 17.2 Å². The number of benzene rings is 3. The molecule has 1 heterocycles. The van der Waals surface area contributed by atoms with Crippen molar-refractivity contribution in [2.24, 2.45) is 4.99 Å². The van der Waals surface area contributed by atoms with E-state index >= 15 is 0 Å². The first-order chi connectivity index (χ1) is 15.5. The van der Waals surface area contributed by atoms with E-state index in [2.05, 4.69) is 21.2 Å². The van der Waals surface area contributed by atoms with Gasteiger partial charge in [0, 0.05) is 38.8 Å². The van der Waals surface area contributed by atoms with Gasteiger partial charge in [0.1, 0.15) is 11.9 Å². The van der Waals surface area contributed by atoms with Crippen molar-refractivity contribution in [2.75, 3.05) is 13.7 Å². The molecule has 5 nitrogen and oxygen atoms in total. The average molecular weight is 516 g/mol. The lowest BCUT2D eigenvalue weighted by Gasteiger charge is -2.31. The minimum absolute atomic E-state index is 0.143. The number of ether oxygens (including phenoxy) is 2. The molecule has 32 heavy (non-hydrogen) atoms. The number of hydrogen-bond donors (Lipinski definition) is 2. The predicted octanol–water partition coefficient (Wildman–Crippen LogP) is 6.44. The Morgan fingerprint density at radius 3 is 2.59 bits per heavy atom. The quantitative estimate of drug-likeness (QED) is 0.397. The summed E-state index contributed by atoms with van der Waals surface area (Å²) in [5.41, 5.74) is 3.56. The molecule has 2 N–H and O–H groups in total. The number of aliphatic imine (C=N–C) groups is 1. The molecule has 0 fully saturated rings. The monoisotopic (exact) mass is 514 g/mol. The number of phenolic OH excluding ortho intramolecular Hbond substituents is 1. The molecule has 2 atom stereocenters. The highest BCUT2D eigenvalue weighted by Gasteiger charge is 2.30. The van der Waals surface area contributed by atoms with Crippen molar-refractivity contribution in [1.29, 1.82) is 0 Å². The Kier molecular flexibility index (Phi) is 7.04. The van der Waals surface area contributed by atoms with Crippen LogP contribution in [0.5, 0.6) is 17.2 Å². The molecule has 166 valence electrons. The lowest BCUT2D eigenvalue weighted by Crippen LogP contribution is -2.33. The van der Waals surface area contributed by atoms with E-state index in [-0.39, 0.29) is 18.0 Å². The Hall–Kier alpha value is -2.54. The third kappa shape index (κ3) is 4.77. The largest absolute Gasteiger partial charge is 0.504 e. The average Bonchev–Trinajstić information content (AvgIpc) is 2.80. The van der Waals surface area contributed by atoms with E-state index in [1.54, 1.807) is 13.2 Å². The second-order valence-electron chi connectivity index (χ2n) is 7.42. The zero-order chi connectivity index (χ0) is 22.7. The molecule has 3 aromatic rings. The Morgan fingerprint density at radius 1 is 1.09 bits per heavy atom. The fourth-order valence-electron chi connectivity index (χ4n) is 3.89. The second-order valence-corrected chi connectivity index (χ2v) is 8.77. The van der Waals surface area contributed by atoms with Crippen LogP contribution in [0, 0.1) is 0 Å². The van der Waals surface area contributed by atoms with Gasteiger partial charge in [-0.2, -0.15) is 0 Å². The fraction of sp³-hybridized carbons (Fsp3) is 0.240. The maximum absolute atomic E-state index is 10.9. The van der Waals surface area contributed by atoms with Crippen molar-refractivity contribution in [3.05, 3.63) is 86.8 Å². The van der Waals surface area contributed by atoms with E-state index < -0.39 is 0 Å². The first-order valence-corrected chi connectivity index (χ1v) is 11.5. The van der Waals surface area contributed by atoms with Crippen LogP contribution in [0.3, 0.4) is 0 Å². The number of nitrogens with one attached hydrogen (secondary N) is 1. The first kappa shape index (κ1) is 22.6. The van der Waals surface area contributed by atoms with Gasteiger partial charge in [-0.25, -0.2) is 0 Å². The van der Waals surface area contributed by atoms with Crippen LogP contribution in [0.15, 0.2) is 70.1 Å². The number of aromatic hydroxyl groups is 1. The zero-order valence-corrected chi connectivity index (χ0v) is 20.2. The number of methoxy groups -OCH3 is 1. The fourth-order valence-corrected chi connectivity index (χ4v) is 4.40. The third-order valence-electron chi connectivity index (χ3n) is 5.41. The summed E-state index contributed by atoms with van der Waals surface area (Å²) in [6, 6.07) is 18.9. The Morgan fingerprint density at radius 2 is 1.88 bits per heavy atom. The molecule has 0 spiro atoms. The van der Waals surface area contributed by atoms with Crippen molar-refractivity contribution < 1.29 is 14.6 Å². The van der Waals surface area contributed by atoms with Gasteiger partial charge in [0.25, 0.3) is 0 Å². The maximum atomic E-state index is 10.9. The molecule has 0 bridgehead atoms. The summed E-state index contributed by atoms with van der Waals surface area (Å²) in [5, 5.41) is 15.2. The van der Waals surface area contributed by atoms with Gasteiger partial charge in [-0.1, -0.05) is 51.8 Å². The van der Waals surface area contributed by atoms with Crippen LogP contribution < -0.4 is 14.8 Å². The minimum Gasteiger partial charge on any atom is -0.504 e. The summed E-state index contributed by atoms with van der Waals surface area (Å²) in [4.78, 5) is 5.01. The van der Waals surface area contributed by atoms with Gasteiger partial charge in [0.05, 0.1) is 13.7 Å². The molecule has 0 saturated heterocycles. The van der Waals surface area contributed by atoms with E-state index in [9.17, 15) is 5.11 Å². The van der Waals surface area contributed by atoms with Gasteiger partial charge >= 0.3 is 0 Å². The van der Waals surface area contributed by atoms with Gasteiger partial charge in [-0.05, 0) is 48.9 Å². The van der Waals surface area contributed by atoms with E-state index in [1.807, 2.05) is 61.5 Å². The lowest BCUT2D eigenvalue weighted by atomic mass is 9.93. The van der Waals surface area contributed by atoms with E-state index in [0.717, 1.165) is 32.6 Å². The second kappa shape index (κ2) is 9.94. The summed E-state index contributed by atoms with van der Waals surface area (Å²) in [6.45, 7) is 2.37. The molecule has 0 aliphatic carbocycles. The highest BCUT2D eigenvalue weighted by molar-refractivity contribution is 9.10. The molecule has 0 saturated carbocycles. The Balaban J connectivity index is 1.80. The van der Waals surface area contributed by atoms with Gasteiger partial charge in [-0.15, -0.1) is 0 Å². The molecule has 0 amide bonds. The van der Waals surface area contributed by atoms with E-state index in [1.165, 1.54) is 0 Å². The molecule has 1 aliphatic heterocycles. The summed E-state index contributed by atoms with van der Waals surface area (Å²) in [6.07, 6.45) is 0.222. The smallest absolute Gasteiger partial charge is 0.162 e. The molecule has 2 unspecified atom stereocenters. The molecular weight excluding hydrogens is 492 g/mol. The first-order valence-electron chi connectivity index (χ1n) is 10.4. The normalized spacial score (nSPS) is 18.2. The highest BCUT2D eigenvalue weighted by Crippen LogP contribution is 2.40. The number of hydrogen-bond acceptors (Lipinski definition) is 5. The maximum Gasteiger partial charge on any atom is 0.162 e. The van der Waals surface area contributed by atoms with Gasteiger partial charge in [-0.3, -0.25) is 10.3 Å². The number of para-hydroxylation sites is 1. The summed E-state index contributed by atoms with van der Waals surface area (Å²) in [5.74, 6) is 1.35. The van der Waals surface area contributed by atoms with Crippen molar-refractivity contribution in [2.45, 2.75) is 25.6 Å². The lowest BCUT2D eigenvalue weighted by molar-refractivity contribution is 0.313. The molecular formula is C25H24BrClN2O3. The summed E-state index contributed by atoms with van der Waals surface area (Å²) < 4.78 is 12.1. The molecule has 4 rings (SSSR count). The van der Waals surface area contributed by atoms with Crippen molar-refractivity contribution >= 4 is 33.2 Å². The van der Waals surface area contributed by atoms with Crippen LogP contribution in [-0.4, -0.2) is 24.5 Å². The molecule has 7 heteroatoms. The van der Waals surface area contributed by atoms with Crippen LogP contribution >= 0.6 is 27.5 Å². The molecule has 0 aromatic heterocycles. The van der Waals surface area contributed by atoms with Gasteiger partial charge in [0.15, 0.2) is 11.5 Å². The number of rotatable bonds is 6. The number of phenols is 1. The van der Waals surface area contributed by atoms with Gasteiger partial charge in [0.2, 0.25) is 0 Å². The van der Waals surface area contributed by atoms with Crippen molar-refractivity contribution in [1.82, 2.24) is 5.32 Å². The molecule has 1 aliphatic rings. The molecule has 3 aromatic carbocycles. The van der Waals surface area contributed by atoms with E-state index in [0.29, 0.717) is 23.8 Å². The Bertz CT molecular complexity index is 1130. The van der Waals surface area contributed by atoms with Crippen molar-refractivity contribution in [3.63, 3.8) is 0 Å². The SMILES string of the molecule is CCOc1cccc(C2CC(c3ccc(Cl)cc3)=NC(c3cc(Br)ccc3OC)N2)c1O. The summed E-state index contributed by atoms with van der Waals surface area (Å²) in [7, 11) is 1.65. The summed E-state index contributed by atoms with van der Waals surface area (Å²) >= 11 is 9.66. The van der Waals surface area contributed by atoms with Crippen LogP contribution in [0.4, 0.5) is 0 Å². The van der Waals surface area contributed by atoms with Crippen LogP contribution in [0.25, 0.3) is 0 Å². The van der Waals surface area contributed by atoms with Crippen LogP contribution in [-0.2, 0) is 0 Å². The number of nitrogens with zero attached hydrogens (tertiary/aromatic N) is 1. The Labute approximate surface area is 201 Å². The standard InChI is InChI=1S/C25H24BrClN2O3/c1-3-32-23-6-4-5-18(24(23)30)21-14-20(15-7-10-17(27)11-8-15)28-25(29-21)19-13-16(26)9-12-22(19)31-2/h4-13,21,25,29-30H,3,14H2,1-2H3. The minimum atomic E-state index is -0.373. The topological polar surface area (TPSA) is 63.1 Å². The van der Waals surface area contributed by atoms with Crippen LogP contribution in [0.2, 0.25) is 5.02 Å². The van der Waals surface area contributed by atoms with Gasteiger partial charge < -0.3 is 14.6 Å². The van der Waals surface area contributed by atoms with Crippen LogP contribution in [0.1, 0.15) is 42.2 Å². The predicted molar refractivity (Wildman–Crippen MR) is 131 cm³/mol. The molecule has 0 radical (unpaired) electrons. The third-order valence-corrected chi connectivity index (χ3v) is 6.16. The number of halogens is 2.